The number of para-hydroxylation sites is 1. The number of carbonyl (C=O) groups is 2. The third-order valence-corrected chi connectivity index (χ3v) is 5.66. The first-order chi connectivity index (χ1) is 13.7. The molecule has 2 aromatic rings. The fourth-order valence-electron chi connectivity index (χ4n) is 4.03. The minimum Gasteiger partial charge on any atom is -0.361 e. The number of benzene rings is 1. The Labute approximate surface area is 167 Å². The maximum absolute atomic E-state index is 13.2. The average Bonchev–Trinajstić information content (AvgIpc) is 3.14. The van der Waals surface area contributed by atoms with Crippen LogP contribution in [0.5, 0.6) is 0 Å². The summed E-state index contributed by atoms with van der Waals surface area (Å²) in [7, 11) is 0. The molecule has 2 amide bonds. The van der Waals surface area contributed by atoms with Gasteiger partial charge in [-0.25, -0.2) is 0 Å². The van der Waals surface area contributed by atoms with E-state index in [2.05, 4.69) is 23.3 Å². The van der Waals surface area contributed by atoms with Crippen LogP contribution >= 0.6 is 0 Å². The van der Waals surface area contributed by atoms with Crippen LogP contribution in [-0.2, 0) is 16.0 Å². The first-order valence-corrected chi connectivity index (χ1v) is 10.8. The van der Waals surface area contributed by atoms with Crippen LogP contribution in [-0.4, -0.2) is 40.8 Å². The Bertz CT molecular complexity index is 777. The van der Waals surface area contributed by atoms with Crippen LogP contribution in [0.25, 0.3) is 10.9 Å². The van der Waals surface area contributed by atoms with Crippen LogP contribution in [0, 0.1) is 0 Å². The Balaban J connectivity index is 1.70. The van der Waals surface area contributed by atoms with Crippen LogP contribution in [0.15, 0.2) is 30.5 Å². The van der Waals surface area contributed by atoms with Gasteiger partial charge in [0, 0.05) is 43.0 Å². The van der Waals surface area contributed by atoms with Crippen molar-refractivity contribution < 1.29 is 9.59 Å². The minimum atomic E-state index is -0.490. The molecule has 0 radical (unpaired) electrons. The van der Waals surface area contributed by atoms with Gasteiger partial charge in [0.05, 0.1) is 0 Å². The largest absolute Gasteiger partial charge is 0.361 e. The molecule has 0 bridgehead atoms. The molecule has 1 unspecified atom stereocenters. The molecule has 2 N–H and O–H groups in total. The summed E-state index contributed by atoms with van der Waals surface area (Å²) in [6.45, 7) is 3.76. The number of carbonyl (C=O) groups excluding carboxylic acids is 2. The summed E-state index contributed by atoms with van der Waals surface area (Å²) >= 11 is 0. The molecule has 1 aliphatic rings. The zero-order chi connectivity index (χ0) is 19.8. The predicted octanol–water partition coefficient (Wildman–Crippen LogP) is 4.18. The summed E-state index contributed by atoms with van der Waals surface area (Å²) < 4.78 is 0. The van der Waals surface area contributed by atoms with Crippen LogP contribution in [0.3, 0.4) is 0 Å². The molecule has 0 saturated carbocycles. The number of rotatable bonds is 9. The molecular weight excluding hydrogens is 350 g/mol. The van der Waals surface area contributed by atoms with Gasteiger partial charge < -0.3 is 15.2 Å². The number of H-pyrrole nitrogens is 1. The lowest BCUT2D eigenvalue weighted by atomic mass is 10.0. The second-order valence-electron chi connectivity index (χ2n) is 7.88. The third kappa shape index (κ3) is 5.37. The molecule has 1 fully saturated rings. The molecule has 152 valence electrons. The lowest BCUT2D eigenvalue weighted by Crippen LogP contribution is -2.51. The predicted molar refractivity (Wildman–Crippen MR) is 113 cm³/mol. The lowest BCUT2D eigenvalue weighted by molar-refractivity contribution is -0.137. The molecule has 2 heterocycles. The van der Waals surface area contributed by atoms with E-state index in [0.29, 0.717) is 12.8 Å². The van der Waals surface area contributed by atoms with Crippen LogP contribution in [0.2, 0.25) is 0 Å². The van der Waals surface area contributed by atoms with Crippen LogP contribution in [0.1, 0.15) is 63.9 Å². The normalized spacial score (nSPS) is 15.5. The van der Waals surface area contributed by atoms with Crippen molar-refractivity contribution in [2.45, 2.75) is 70.8 Å². The van der Waals surface area contributed by atoms with Gasteiger partial charge in [-0.05, 0) is 37.3 Å². The molecular formula is C23H33N3O2. The molecule has 1 aliphatic heterocycles. The highest BCUT2D eigenvalue weighted by Gasteiger charge is 2.27. The second-order valence-corrected chi connectivity index (χ2v) is 7.88. The topological polar surface area (TPSA) is 65.2 Å². The second kappa shape index (κ2) is 10.3. The summed E-state index contributed by atoms with van der Waals surface area (Å²) in [5.41, 5.74) is 2.14. The quantitative estimate of drug-likeness (QED) is 0.638. The SMILES string of the molecule is CCCCCCC(=O)NC(Cc1c[nH]c2ccccc12)C(=O)N1CCCCC1. The fourth-order valence-corrected chi connectivity index (χ4v) is 4.03. The van der Waals surface area contributed by atoms with E-state index < -0.39 is 6.04 Å². The number of aromatic amines is 1. The number of likely N-dealkylation sites (tertiary alicyclic amines) is 1. The van der Waals surface area contributed by atoms with E-state index in [4.69, 9.17) is 0 Å². The number of amides is 2. The van der Waals surface area contributed by atoms with E-state index in [0.717, 1.165) is 68.1 Å². The van der Waals surface area contributed by atoms with Crippen molar-refractivity contribution in [2.75, 3.05) is 13.1 Å². The van der Waals surface area contributed by atoms with E-state index in [1.165, 1.54) is 6.42 Å². The fraction of sp³-hybridized carbons (Fsp3) is 0.565. The minimum absolute atomic E-state index is 0.00805. The highest BCUT2D eigenvalue weighted by atomic mass is 16.2. The number of fused-ring (bicyclic) bond motifs is 1. The van der Waals surface area contributed by atoms with Gasteiger partial charge >= 0.3 is 0 Å². The summed E-state index contributed by atoms with van der Waals surface area (Å²) in [6, 6.07) is 7.61. The number of piperidine rings is 1. The summed E-state index contributed by atoms with van der Waals surface area (Å²) in [5, 5.41) is 4.17. The molecule has 0 aliphatic carbocycles. The van der Waals surface area contributed by atoms with Gasteiger partial charge in [-0.15, -0.1) is 0 Å². The highest BCUT2D eigenvalue weighted by Crippen LogP contribution is 2.20. The smallest absolute Gasteiger partial charge is 0.245 e. The zero-order valence-corrected chi connectivity index (χ0v) is 17.0. The molecule has 5 nitrogen and oxygen atoms in total. The van der Waals surface area contributed by atoms with E-state index >= 15 is 0 Å². The van der Waals surface area contributed by atoms with Crippen molar-refractivity contribution >= 4 is 22.7 Å². The maximum Gasteiger partial charge on any atom is 0.245 e. The van der Waals surface area contributed by atoms with Gasteiger partial charge in [-0.2, -0.15) is 0 Å². The molecule has 28 heavy (non-hydrogen) atoms. The molecule has 1 atom stereocenters. The van der Waals surface area contributed by atoms with Gasteiger partial charge in [-0.1, -0.05) is 44.4 Å². The number of hydrogen-bond acceptors (Lipinski definition) is 2. The third-order valence-electron chi connectivity index (χ3n) is 5.66. The van der Waals surface area contributed by atoms with Gasteiger partial charge in [0.25, 0.3) is 0 Å². The van der Waals surface area contributed by atoms with Crippen molar-refractivity contribution in [1.82, 2.24) is 15.2 Å². The molecule has 5 heteroatoms. The van der Waals surface area contributed by atoms with Crippen molar-refractivity contribution in [3.8, 4) is 0 Å². The number of aromatic nitrogens is 1. The molecule has 1 aromatic carbocycles. The Morgan fingerprint density at radius 3 is 2.68 bits per heavy atom. The van der Waals surface area contributed by atoms with Crippen LogP contribution < -0.4 is 5.32 Å². The number of nitrogens with one attached hydrogen (secondary N) is 2. The molecule has 1 aromatic heterocycles. The number of nitrogens with zero attached hydrogens (tertiary/aromatic N) is 1. The Kier molecular flexibility index (Phi) is 7.52. The van der Waals surface area contributed by atoms with Gasteiger partial charge in [0.15, 0.2) is 0 Å². The maximum atomic E-state index is 13.2. The number of hydrogen-bond donors (Lipinski definition) is 2. The Morgan fingerprint density at radius 2 is 1.89 bits per heavy atom. The Hall–Kier alpha value is -2.30. The van der Waals surface area contributed by atoms with Gasteiger partial charge in [-0.3, -0.25) is 9.59 Å². The van der Waals surface area contributed by atoms with Gasteiger partial charge in [0.2, 0.25) is 11.8 Å². The van der Waals surface area contributed by atoms with E-state index in [1.807, 2.05) is 29.3 Å². The van der Waals surface area contributed by atoms with E-state index in [-0.39, 0.29) is 11.8 Å². The summed E-state index contributed by atoms with van der Waals surface area (Å²) in [5.74, 6) is 0.0539. The van der Waals surface area contributed by atoms with Crippen molar-refractivity contribution in [1.29, 1.82) is 0 Å². The standard InChI is InChI=1S/C23H33N3O2/c1-2-3-4-6-13-22(27)25-21(23(28)26-14-9-5-10-15-26)16-18-17-24-20-12-8-7-11-19(18)20/h7-8,11-12,17,21,24H,2-6,9-10,13-16H2,1H3,(H,25,27). The molecule has 3 rings (SSSR count). The molecule has 1 saturated heterocycles. The van der Waals surface area contributed by atoms with Crippen molar-refractivity contribution in [3.05, 3.63) is 36.0 Å². The lowest BCUT2D eigenvalue weighted by Gasteiger charge is -2.30. The van der Waals surface area contributed by atoms with E-state index in [9.17, 15) is 9.59 Å². The monoisotopic (exact) mass is 383 g/mol. The first kappa shape index (κ1) is 20.4. The summed E-state index contributed by atoms with van der Waals surface area (Å²) in [6.07, 6.45) is 10.5. The average molecular weight is 384 g/mol. The first-order valence-electron chi connectivity index (χ1n) is 10.8. The zero-order valence-electron chi connectivity index (χ0n) is 17.0. The summed E-state index contributed by atoms with van der Waals surface area (Å²) in [4.78, 5) is 30.9. The number of unbranched alkanes of at least 4 members (excludes halogenated alkanes) is 3. The van der Waals surface area contributed by atoms with Crippen molar-refractivity contribution in [3.63, 3.8) is 0 Å². The van der Waals surface area contributed by atoms with Gasteiger partial charge in [0.1, 0.15) is 6.04 Å². The van der Waals surface area contributed by atoms with E-state index in [1.54, 1.807) is 0 Å². The molecule has 0 spiro atoms. The highest BCUT2D eigenvalue weighted by molar-refractivity contribution is 5.89. The van der Waals surface area contributed by atoms with Crippen molar-refractivity contribution in [2.24, 2.45) is 0 Å². The van der Waals surface area contributed by atoms with Crippen LogP contribution in [0.4, 0.5) is 0 Å². The Morgan fingerprint density at radius 1 is 1.11 bits per heavy atom.